The number of hydrogen-bond donors (Lipinski definition) is 1. The zero-order chi connectivity index (χ0) is 10.3. The molecule has 0 radical (unpaired) electrons. The van der Waals surface area contributed by atoms with Crippen LogP contribution in [0, 0.1) is 5.92 Å². The SMILES string of the molecule is COc1cccc2c1[C@H]1CNC[C@H]1CC2.Cl. The summed E-state index contributed by atoms with van der Waals surface area (Å²) in [4.78, 5) is 0. The number of ether oxygens (including phenoxy) is 1. The van der Waals surface area contributed by atoms with Crippen LogP contribution in [0.15, 0.2) is 18.2 Å². The normalized spacial score (nSPS) is 26.6. The maximum atomic E-state index is 5.49. The zero-order valence-corrected chi connectivity index (χ0v) is 10.3. The highest BCUT2D eigenvalue weighted by atomic mass is 35.5. The largest absolute Gasteiger partial charge is 0.496 e. The Morgan fingerprint density at radius 2 is 2.19 bits per heavy atom. The van der Waals surface area contributed by atoms with Crippen molar-refractivity contribution >= 4 is 12.4 Å². The predicted octanol–water partition coefficient (Wildman–Crippen LogP) is 2.37. The molecule has 0 unspecified atom stereocenters. The Morgan fingerprint density at radius 3 is 3.00 bits per heavy atom. The van der Waals surface area contributed by atoms with E-state index >= 15 is 0 Å². The molecule has 0 saturated carbocycles. The van der Waals surface area contributed by atoms with Crippen molar-refractivity contribution in [1.82, 2.24) is 5.32 Å². The van der Waals surface area contributed by atoms with E-state index in [2.05, 4.69) is 23.5 Å². The fraction of sp³-hybridized carbons (Fsp3) is 0.538. The van der Waals surface area contributed by atoms with Crippen LogP contribution in [0.4, 0.5) is 0 Å². The van der Waals surface area contributed by atoms with Crippen LogP contribution in [0.1, 0.15) is 23.5 Å². The molecule has 16 heavy (non-hydrogen) atoms. The minimum atomic E-state index is 0. The van der Waals surface area contributed by atoms with E-state index in [0.717, 1.165) is 18.2 Å². The molecular weight excluding hydrogens is 222 g/mol. The van der Waals surface area contributed by atoms with Crippen LogP contribution in [-0.4, -0.2) is 20.2 Å². The molecule has 2 nitrogen and oxygen atoms in total. The van der Waals surface area contributed by atoms with Crippen molar-refractivity contribution in [1.29, 1.82) is 0 Å². The van der Waals surface area contributed by atoms with Gasteiger partial charge < -0.3 is 10.1 Å². The van der Waals surface area contributed by atoms with Crippen LogP contribution in [0.2, 0.25) is 0 Å². The standard InChI is InChI=1S/C13H17NO.ClH/c1-15-12-4-2-3-9-5-6-10-7-14-8-11(10)13(9)12;/h2-4,10-11,14H,5-8H2,1H3;1H/t10-,11+;/m1./s1. The van der Waals surface area contributed by atoms with Gasteiger partial charge in [0, 0.05) is 18.0 Å². The first-order valence-electron chi connectivity index (χ1n) is 5.76. The third-order valence-corrected chi connectivity index (χ3v) is 3.87. The van der Waals surface area contributed by atoms with E-state index in [-0.39, 0.29) is 12.4 Å². The van der Waals surface area contributed by atoms with Crippen LogP contribution in [0.5, 0.6) is 5.75 Å². The van der Waals surface area contributed by atoms with Crippen molar-refractivity contribution in [2.75, 3.05) is 20.2 Å². The molecule has 3 rings (SSSR count). The molecule has 3 heteroatoms. The molecule has 0 amide bonds. The zero-order valence-electron chi connectivity index (χ0n) is 9.53. The van der Waals surface area contributed by atoms with Crippen molar-refractivity contribution < 1.29 is 4.74 Å². The second-order valence-electron chi connectivity index (χ2n) is 4.60. The van der Waals surface area contributed by atoms with Gasteiger partial charge in [-0.2, -0.15) is 0 Å². The first-order valence-corrected chi connectivity index (χ1v) is 5.76. The lowest BCUT2D eigenvalue weighted by molar-refractivity contribution is 0.384. The van der Waals surface area contributed by atoms with Crippen molar-refractivity contribution in [3.05, 3.63) is 29.3 Å². The Balaban J connectivity index is 0.000000963. The van der Waals surface area contributed by atoms with Gasteiger partial charge in [-0.05, 0) is 36.9 Å². The quantitative estimate of drug-likeness (QED) is 0.813. The van der Waals surface area contributed by atoms with E-state index in [4.69, 9.17) is 4.74 Å². The molecule has 0 bridgehead atoms. The van der Waals surface area contributed by atoms with Gasteiger partial charge in [0.25, 0.3) is 0 Å². The Kier molecular flexibility index (Phi) is 3.41. The van der Waals surface area contributed by atoms with Crippen molar-refractivity contribution in [3.63, 3.8) is 0 Å². The third kappa shape index (κ3) is 1.70. The molecule has 0 spiro atoms. The second-order valence-corrected chi connectivity index (χ2v) is 4.60. The minimum Gasteiger partial charge on any atom is -0.496 e. The van der Waals surface area contributed by atoms with Crippen LogP contribution < -0.4 is 10.1 Å². The summed E-state index contributed by atoms with van der Waals surface area (Å²) in [5.74, 6) is 2.60. The van der Waals surface area contributed by atoms with Gasteiger partial charge in [-0.1, -0.05) is 12.1 Å². The molecule has 1 saturated heterocycles. The maximum Gasteiger partial charge on any atom is 0.122 e. The monoisotopic (exact) mass is 239 g/mol. The Morgan fingerprint density at radius 1 is 1.31 bits per heavy atom. The summed E-state index contributed by atoms with van der Waals surface area (Å²) in [5.41, 5.74) is 2.97. The van der Waals surface area contributed by atoms with E-state index in [1.54, 1.807) is 7.11 Å². The topological polar surface area (TPSA) is 21.3 Å². The summed E-state index contributed by atoms with van der Waals surface area (Å²) in [5, 5.41) is 3.50. The van der Waals surface area contributed by atoms with E-state index in [1.807, 2.05) is 0 Å². The van der Waals surface area contributed by atoms with Crippen LogP contribution >= 0.6 is 12.4 Å². The lowest BCUT2D eigenvalue weighted by Gasteiger charge is -2.28. The molecule has 1 N–H and O–H groups in total. The highest BCUT2D eigenvalue weighted by Crippen LogP contribution is 2.42. The highest BCUT2D eigenvalue weighted by Gasteiger charge is 2.34. The molecule has 1 aromatic carbocycles. The first-order chi connectivity index (χ1) is 7.40. The van der Waals surface area contributed by atoms with E-state index in [9.17, 15) is 0 Å². The van der Waals surface area contributed by atoms with Gasteiger partial charge in [0.15, 0.2) is 0 Å². The highest BCUT2D eigenvalue weighted by molar-refractivity contribution is 5.85. The maximum absolute atomic E-state index is 5.49. The summed E-state index contributed by atoms with van der Waals surface area (Å²) < 4.78 is 5.49. The smallest absolute Gasteiger partial charge is 0.122 e. The number of halogens is 1. The van der Waals surface area contributed by atoms with Gasteiger partial charge >= 0.3 is 0 Å². The van der Waals surface area contributed by atoms with E-state index in [1.165, 1.54) is 30.5 Å². The third-order valence-electron chi connectivity index (χ3n) is 3.87. The molecule has 88 valence electrons. The number of fused-ring (bicyclic) bond motifs is 3. The molecule has 1 fully saturated rings. The Bertz CT molecular complexity index is 366. The Labute approximate surface area is 103 Å². The van der Waals surface area contributed by atoms with Crippen LogP contribution in [0.25, 0.3) is 0 Å². The first kappa shape index (κ1) is 11.7. The molecule has 2 aliphatic rings. The fourth-order valence-corrected chi connectivity index (χ4v) is 3.12. The molecule has 1 heterocycles. The average molecular weight is 240 g/mol. The Hall–Kier alpha value is -0.730. The average Bonchev–Trinajstić information content (AvgIpc) is 2.76. The number of aryl methyl sites for hydroxylation is 1. The van der Waals surface area contributed by atoms with Crippen LogP contribution in [0.3, 0.4) is 0 Å². The fourth-order valence-electron chi connectivity index (χ4n) is 3.12. The molecule has 1 aliphatic carbocycles. The van der Waals surface area contributed by atoms with Gasteiger partial charge in [-0.3, -0.25) is 0 Å². The second kappa shape index (κ2) is 4.64. The summed E-state index contributed by atoms with van der Waals surface area (Å²) in [6.07, 6.45) is 2.55. The molecular formula is C13H18ClNO. The van der Waals surface area contributed by atoms with Gasteiger partial charge in [0.05, 0.1) is 7.11 Å². The minimum absolute atomic E-state index is 0. The molecule has 0 aromatic heterocycles. The number of methoxy groups -OCH3 is 1. The number of benzene rings is 1. The summed E-state index contributed by atoms with van der Waals surface area (Å²) in [7, 11) is 1.78. The number of rotatable bonds is 1. The number of nitrogens with one attached hydrogen (secondary N) is 1. The number of hydrogen-bond acceptors (Lipinski definition) is 2. The van der Waals surface area contributed by atoms with Crippen LogP contribution in [-0.2, 0) is 6.42 Å². The lowest BCUT2D eigenvalue weighted by Crippen LogP contribution is -2.19. The van der Waals surface area contributed by atoms with Gasteiger partial charge in [0.1, 0.15) is 5.75 Å². The summed E-state index contributed by atoms with van der Waals surface area (Å²) in [6.45, 7) is 2.31. The van der Waals surface area contributed by atoms with Gasteiger partial charge in [0.2, 0.25) is 0 Å². The molecule has 2 atom stereocenters. The molecule has 1 aliphatic heterocycles. The van der Waals surface area contributed by atoms with Gasteiger partial charge in [-0.25, -0.2) is 0 Å². The summed E-state index contributed by atoms with van der Waals surface area (Å²) in [6, 6.07) is 6.46. The van der Waals surface area contributed by atoms with Gasteiger partial charge in [-0.15, -0.1) is 12.4 Å². The van der Waals surface area contributed by atoms with E-state index < -0.39 is 0 Å². The lowest BCUT2D eigenvalue weighted by atomic mass is 9.76. The van der Waals surface area contributed by atoms with Crippen molar-refractivity contribution in [2.24, 2.45) is 5.92 Å². The van der Waals surface area contributed by atoms with E-state index in [0.29, 0.717) is 5.92 Å². The predicted molar refractivity (Wildman–Crippen MR) is 67.7 cm³/mol. The van der Waals surface area contributed by atoms with Crippen molar-refractivity contribution in [3.8, 4) is 5.75 Å². The summed E-state index contributed by atoms with van der Waals surface area (Å²) >= 11 is 0. The van der Waals surface area contributed by atoms with Crippen molar-refractivity contribution in [2.45, 2.75) is 18.8 Å². The molecule has 1 aromatic rings.